The van der Waals surface area contributed by atoms with Gasteiger partial charge < -0.3 is 19.9 Å². The summed E-state index contributed by atoms with van der Waals surface area (Å²) in [6, 6.07) is 10.3. The van der Waals surface area contributed by atoms with Crippen molar-refractivity contribution < 1.29 is 24.2 Å². The van der Waals surface area contributed by atoms with Gasteiger partial charge in [0, 0.05) is 36.5 Å². The molecule has 0 radical (unpaired) electrons. The minimum absolute atomic E-state index is 0.00745. The summed E-state index contributed by atoms with van der Waals surface area (Å²) in [5.41, 5.74) is 3.78. The normalized spacial score (nSPS) is 17.1. The maximum absolute atomic E-state index is 13.2. The topological polar surface area (TPSA) is 104 Å². The molecule has 0 saturated heterocycles. The van der Waals surface area contributed by atoms with E-state index in [0.29, 0.717) is 24.3 Å². The van der Waals surface area contributed by atoms with Crippen molar-refractivity contribution >= 4 is 29.1 Å². The van der Waals surface area contributed by atoms with Crippen LogP contribution in [0.1, 0.15) is 18.9 Å². The summed E-state index contributed by atoms with van der Waals surface area (Å²) in [4.78, 5) is 33.0. The van der Waals surface area contributed by atoms with Gasteiger partial charge in [-0.1, -0.05) is 36.4 Å². The molecule has 9 nitrogen and oxygen atoms in total. The Kier molecular flexibility index (Phi) is 7.47. The first-order valence-corrected chi connectivity index (χ1v) is 11.4. The fraction of sp³-hybridized carbons (Fsp3) is 0.269. The van der Waals surface area contributed by atoms with Crippen molar-refractivity contribution in [1.29, 1.82) is 0 Å². The molecule has 1 aliphatic carbocycles. The lowest BCUT2D eigenvalue weighted by molar-refractivity contribution is 0.175. The highest BCUT2D eigenvalue weighted by Gasteiger charge is 2.36. The van der Waals surface area contributed by atoms with E-state index >= 15 is 0 Å². The molecule has 2 aliphatic rings. The number of fused-ring (bicyclic) bond motifs is 1. The quantitative estimate of drug-likeness (QED) is 0.675. The molecule has 2 N–H and O–H groups in total. The minimum Gasteiger partial charge on any atom is -0.452 e. The Hall–Kier alpha value is -4.11. The number of aliphatic hydroxyl groups excluding tert-OH is 1. The molecule has 1 unspecified atom stereocenters. The fourth-order valence-corrected chi connectivity index (χ4v) is 4.17. The van der Waals surface area contributed by atoms with Crippen molar-refractivity contribution in [3.05, 3.63) is 78.2 Å². The second-order valence-corrected chi connectivity index (χ2v) is 8.07. The van der Waals surface area contributed by atoms with Gasteiger partial charge in [0.05, 0.1) is 37.7 Å². The number of carbonyl (C=O) groups is 2. The summed E-state index contributed by atoms with van der Waals surface area (Å²) < 4.78 is 10.5. The Morgan fingerprint density at radius 2 is 2.03 bits per heavy atom. The van der Waals surface area contributed by atoms with Crippen LogP contribution in [0, 0.1) is 0 Å². The third-order valence-electron chi connectivity index (χ3n) is 5.75. The molecule has 0 bridgehead atoms. The van der Waals surface area contributed by atoms with E-state index in [2.05, 4.69) is 10.3 Å². The van der Waals surface area contributed by atoms with E-state index in [0.717, 1.165) is 16.8 Å². The molecule has 35 heavy (non-hydrogen) atoms. The standard InChI is InChI=1S/C26H28N4O5/c1-18-17-29(25(32)35-24-10-6-7-13-28-24)23-16-19(11-12-22(23)30(18)26(33)34-2)20-8-4-3-5-9-21(20)27-14-15-31/h3-8,10-13,16,18,27,31H,9,14-15,17H2,1-2H3. The molecule has 1 aromatic carbocycles. The van der Waals surface area contributed by atoms with Crippen molar-refractivity contribution in [2.24, 2.45) is 0 Å². The van der Waals surface area contributed by atoms with E-state index < -0.39 is 12.2 Å². The number of hydrogen-bond acceptors (Lipinski definition) is 7. The predicted molar refractivity (Wildman–Crippen MR) is 133 cm³/mol. The number of nitrogens with zero attached hydrogens (tertiary/aromatic N) is 3. The second kappa shape index (κ2) is 10.9. The lowest BCUT2D eigenvalue weighted by Gasteiger charge is -2.39. The van der Waals surface area contributed by atoms with E-state index in [4.69, 9.17) is 9.47 Å². The summed E-state index contributed by atoms with van der Waals surface area (Å²) >= 11 is 0. The molecule has 9 heteroatoms. The molecule has 0 spiro atoms. The molecule has 2 amide bonds. The molecule has 1 aromatic heterocycles. The number of pyridine rings is 1. The van der Waals surface area contributed by atoms with Gasteiger partial charge in [0.25, 0.3) is 0 Å². The molecule has 2 heterocycles. The third kappa shape index (κ3) is 5.20. The summed E-state index contributed by atoms with van der Waals surface area (Å²) in [5, 5.41) is 12.6. The van der Waals surface area contributed by atoms with Crippen molar-refractivity contribution in [1.82, 2.24) is 10.3 Å². The van der Waals surface area contributed by atoms with Crippen LogP contribution in [0.25, 0.3) is 5.57 Å². The number of anilines is 2. The fourth-order valence-electron chi connectivity index (χ4n) is 4.17. The molecular formula is C26H28N4O5. The first kappa shape index (κ1) is 24.0. The van der Waals surface area contributed by atoms with Gasteiger partial charge in [0.1, 0.15) is 0 Å². The van der Waals surface area contributed by atoms with Crippen LogP contribution >= 0.6 is 0 Å². The van der Waals surface area contributed by atoms with Crippen LogP contribution in [0.3, 0.4) is 0 Å². The van der Waals surface area contributed by atoms with Crippen molar-refractivity contribution in [2.75, 3.05) is 36.6 Å². The monoisotopic (exact) mass is 476 g/mol. The zero-order valence-corrected chi connectivity index (χ0v) is 19.7. The van der Waals surface area contributed by atoms with E-state index in [1.54, 1.807) is 30.5 Å². The van der Waals surface area contributed by atoms with Crippen molar-refractivity contribution in [3.63, 3.8) is 0 Å². The maximum Gasteiger partial charge on any atom is 0.421 e. The number of methoxy groups -OCH3 is 1. The molecule has 0 fully saturated rings. The summed E-state index contributed by atoms with van der Waals surface area (Å²) in [6.07, 6.45) is 9.02. The van der Waals surface area contributed by atoms with Crippen LogP contribution in [0.2, 0.25) is 0 Å². The Morgan fingerprint density at radius 1 is 1.17 bits per heavy atom. The number of aromatic nitrogens is 1. The Morgan fingerprint density at radius 3 is 2.77 bits per heavy atom. The van der Waals surface area contributed by atoms with Crippen LogP contribution in [0.5, 0.6) is 5.88 Å². The summed E-state index contributed by atoms with van der Waals surface area (Å²) in [6.45, 7) is 2.48. The van der Waals surface area contributed by atoms with E-state index in [1.807, 2.05) is 43.4 Å². The SMILES string of the molecule is COC(=O)N1c2ccc(C3=C(NCCO)CC=CC=C3)cc2N(C(=O)Oc2ccccn2)CC1C. The molecule has 4 rings (SSSR count). The molecule has 1 atom stereocenters. The third-order valence-corrected chi connectivity index (χ3v) is 5.75. The lowest BCUT2D eigenvalue weighted by Crippen LogP contribution is -2.52. The first-order valence-electron chi connectivity index (χ1n) is 11.4. The van der Waals surface area contributed by atoms with Gasteiger partial charge in [-0.2, -0.15) is 0 Å². The van der Waals surface area contributed by atoms with Crippen LogP contribution in [-0.2, 0) is 4.74 Å². The van der Waals surface area contributed by atoms with E-state index in [-0.39, 0.29) is 25.1 Å². The van der Waals surface area contributed by atoms with Gasteiger partial charge in [-0.25, -0.2) is 14.6 Å². The maximum atomic E-state index is 13.2. The lowest BCUT2D eigenvalue weighted by atomic mass is 9.98. The molecular weight excluding hydrogens is 448 g/mol. The molecule has 2 aromatic rings. The number of allylic oxidation sites excluding steroid dienone is 5. The molecule has 1 aliphatic heterocycles. The summed E-state index contributed by atoms with van der Waals surface area (Å²) in [7, 11) is 1.33. The Bertz CT molecular complexity index is 1180. The number of aliphatic hydroxyl groups is 1. The smallest absolute Gasteiger partial charge is 0.421 e. The van der Waals surface area contributed by atoms with Crippen LogP contribution in [0.4, 0.5) is 21.0 Å². The van der Waals surface area contributed by atoms with Gasteiger partial charge in [-0.15, -0.1) is 0 Å². The zero-order valence-electron chi connectivity index (χ0n) is 19.7. The second-order valence-electron chi connectivity index (χ2n) is 8.07. The van der Waals surface area contributed by atoms with Gasteiger partial charge in [0.15, 0.2) is 0 Å². The molecule has 0 saturated carbocycles. The number of ether oxygens (including phenoxy) is 2. The predicted octanol–water partition coefficient (Wildman–Crippen LogP) is 3.87. The van der Waals surface area contributed by atoms with Gasteiger partial charge in [0.2, 0.25) is 5.88 Å². The average Bonchev–Trinajstić information content (AvgIpc) is 3.12. The first-order chi connectivity index (χ1) is 17.0. The number of rotatable bonds is 5. The highest BCUT2D eigenvalue weighted by atomic mass is 16.6. The molecule has 182 valence electrons. The van der Waals surface area contributed by atoms with Gasteiger partial charge in [-0.05, 0) is 30.7 Å². The number of nitrogens with one attached hydrogen (secondary N) is 1. The Labute approximate surface area is 204 Å². The number of hydrogen-bond donors (Lipinski definition) is 2. The van der Waals surface area contributed by atoms with Gasteiger partial charge >= 0.3 is 12.2 Å². The average molecular weight is 477 g/mol. The van der Waals surface area contributed by atoms with Gasteiger partial charge in [-0.3, -0.25) is 9.80 Å². The van der Waals surface area contributed by atoms with Crippen LogP contribution in [0.15, 0.2) is 72.6 Å². The highest BCUT2D eigenvalue weighted by Crippen LogP contribution is 2.39. The van der Waals surface area contributed by atoms with E-state index in [9.17, 15) is 14.7 Å². The number of benzene rings is 1. The van der Waals surface area contributed by atoms with Crippen molar-refractivity contribution in [3.8, 4) is 5.88 Å². The summed E-state index contributed by atoms with van der Waals surface area (Å²) in [5.74, 6) is 0.189. The van der Waals surface area contributed by atoms with Crippen molar-refractivity contribution in [2.45, 2.75) is 19.4 Å². The Balaban J connectivity index is 1.78. The minimum atomic E-state index is -0.593. The largest absolute Gasteiger partial charge is 0.452 e. The number of amides is 2. The number of carbonyl (C=O) groups excluding carboxylic acids is 2. The van der Waals surface area contributed by atoms with Crippen LogP contribution in [-0.4, -0.2) is 55.1 Å². The zero-order chi connectivity index (χ0) is 24.8. The van der Waals surface area contributed by atoms with Crippen LogP contribution < -0.4 is 19.9 Å². The van der Waals surface area contributed by atoms with E-state index in [1.165, 1.54) is 16.9 Å². The highest BCUT2D eigenvalue weighted by molar-refractivity contribution is 6.02.